The Morgan fingerprint density at radius 3 is 3.06 bits per heavy atom. The lowest BCUT2D eigenvalue weighted by molar-refractivity contribution is 0.170. The molecule has 0 fully saturated rings. The number of fused-ring (bicyclic) bond motifs is 2. The van der Waals surface area contributed by atoms with Crippen LogP contribution in [0.5, 0.6) is 17.2 Å². The summed E-state index contributed by atoms with van der Waals surface area (Å²) < 4.78 is 16.5. The zero-order valence-electron chi connectivity index (χ0n) is 10.7. The lowest BCUT2D eigenvalue weighted by Crippen LogP contribution is -2.36. The van der Waals surface area contributed by atoms with Crippen molar-refractivity contribution in [1.29, 1.82) is 0 Å². The number of methoxy groups -OCH3 is 1. The van der Waals surface area contributed by atoms with Crippen LogP contribution in [0.15, 0.2) is 6.07 Å². The average molecular weight is 250 g/mol. The third-order valence-electron chi connectivity index (χ3n) is 3.77. The maximum atomic E-state index is 5.91. The van der Waals surface area contributed by atoms with Crippen LogP contribution >= 0.6 is 0 Å². The van der Waals surface area contributed by atoms with Crippen LogP contribution < -0.4 is 19.9 Å². The number of rotatable bonds is 2. The van der Waals surface area contributed by atoms with E-state index in [1.165, 1.54) is 5.56 Å². The molecule has 0 saturated carbocycles. The Bertz CT molecular complexity index is 476. The fourth-order valence-electron chi connectivity index (χ4n) is 2.82. The molecule has 1 aromatic carbocycles. The van der Waals surface area contributed by atoms with E-state index >= 15 is 0 Å². The zero-order chi connectivity index (χ0) is 12.7. The maximum absolute atomic E-state index is 5.91. The molecule has 3 rings (SSSR count). The number of likely N-dealkylation sites (N-methyl/N-ethyl adjacent to an activating group) is 1. The molecule has 1 aromatic rings. The predicted octanol–water partition coefficient (Wildman–Crippen LogP) is 0.912. The van der Waals surface area contributed by atoms with Gasteiger partial charge in [0.25, 0.3) is 0 Å². The van der Waals surface area contributed by atoms with Gasteiger partial charge >= 0.3 is 0 Å². The smallest absolute Gasteiger partial charge is 0.231 e. The quantitative estimate of drug-likeness (QED) is 0.845. The standard InChI is InChI=1S/C13H18N2O3/c1-15-4-3-8-5-10-12(18-7-17-10)13(16-2)11(8)9(15)6-14/h5,9H,3-4,6-7,14H2,1-2H3/t9-/m1/s1. The van der Waals surface area contributed by atoms with Crippen molar-refractivity contribution in [2.45, 2.75) is 12.5 Å². The van der Waals surface area contributed by atoms with Crippen molar-refractivity contribution in [1.82, 2.24) is 4.90 Å². The largest absolute Gasteiger partial charge is 0.492 e. The van der Waals surface area contributed by atoms with Crippen LogP contribution in [-0.2, 0) is 6.42 Å². The summed E-state index contributed by atoms with van der Waals surface area (Å²) in [6.07, 6.45) is 0.981. The van der Waals surface area contributed by atoms with Crippen molar-refractivity contribution in [2.75, 3.05) is 34.0 Å². The van der Waals surface area contributed by atoms with Gasteiger partial charge in [-0.1, -0.05) is 0 Å². The summed E-state index contributed by atoms with van der Waals surface area (Å²) in [5, 5.41) is 0. The first-order valence-electron chi connectivity index (χ1n) is 6.16. The summed E-state index contributed by atoms with van der Waals surface area (Å²) in [7, 11) is 3.75. The number of hydrogen-bond acceptors (Lipinski definition) is 5. The Morgan fingerprint density at radius 2 is 2.33 bits per heavy atom. The van der Waals surface area contributed by atoms with E-state index in [1.54, 1.807) is 7.11 Å². The molecule has 2 heterocycles. The Hall–Kier alpha value is -1.46. The predicted molar refractivity (Wildman–Crippen MR) is 67.2 cm³/mol. The first kappa shape index (κ1) is 11.6. The van der Waals surface area contributed by atoms with Gasteiger partial charge in [0.15, 0.2) is 11.5 Å². The molecule has 0 aliphatic carbocycles. The van der Waals surface area contributed by atoms with Crippen LogP contribution in [0.1, 0.15) is 17.2 Å². The lowest BCUT2D eigenvalue weighted by Gasteiger charge is -2.35. The van der Waals surface area contributed by atoms with E-state index in [9.17, 15) is 0 Å². The first-order chi connectivity index (χ1) is 8.76. The van der Waals surface area contributed by atoms with Crippen molar-refractivity contribution in [3.8, 4) is 17.2 Å². The third-order valence-corrected chi connectivity index (χ3v) is 3.77. The van der Waals surface area contributed by atoms with Crippen molar-refractivity contribution in [3.05, 3.63) is 17.2 Å². The van der Waals surface area contributed by atoms with Gasteiger partial charge in [-0.2, -0.15) is 0 Å². The summed E-state index contributed by atoms with van der Waals surface area (Å²) in [4.78, 5) is 2.26. The molecule has 0 spiro atoms. The summed E-state index contributed by atoms with van der Waals surface area (Å²) in [5.74, 6) is 2.28. The van der Waals surface area contributed by atoms with Gasteiger partial charge in [0, 0.05) is 18.7 Å². The minimum Gasteiger partial charge on any atom is -0.492 e. The Balaban J connectivity index is 2.19. The molecule has 0 unspecified atom stereocenters. The van der Waals surface area contributed by atoms with Crippen molar-refractivity contribution < 1.29 is 14.2 Å². The van der Waals surface area contributed by atoms with Gasteiger partial charge in [-0.3, -0.25) is 4.90 Å². The molecule has 0 saturated heterocycles. The third kappa shape index (κ3) is 1.54. The second-order valence-electron chi connectivity index (χ2n) is 4.70. The molecule has 5 heteroatoms. The monoisotopic (exact) mass is 250 g/mol. The molecule has 18 heavy (non-hydrogen) atoms. The normalized spacial score (nSPS) is 21.8. The molecular formula is C13H18N2O3. The van der Waals surface area contributed by atoms with Gasteiger partial charge in [-0.25, -0.2) is 0 Å². The highest BCUT2D eigenvalue weighted by molar-refractivity contribution is 5.61. The fourth-order valence-corrected chi connectivity index (χ4v) is 2.82. The zero-order valence-corrected chi connectivity index (χ0v) is 10.7. The van der Waals surface area contributed by atoms with Gasteiger partial charge in [-0.05, 0) is 25.1 Å². The van der Waals surface area contributed by atoms with E-state index in [4.69, 9.17) is 19.9 Å². The van der Waals surface area contributed by atoms with Gasteiger partial charge in [0.2, 0.25) is 12.5 Å². The topological polar surface area (TPSA) is 57.0 Å². The Kier molecular flexibility index (Phi) is 2.80. The molecule has 98 valence electrons. The number of benzene rings is 1. The summed E-state index contributed by atoms with van der Waals surface area (Å²) >= 11 is 0. The van der Waals surface area contributed by atoms with E-state index in [0.717, 1.165) is 30.0 Å². The van der Waals surface area contributed by atoms with Crippen LogP contribution in [0, 0.1) is 0 Å². The number of hydrogen-bond donors (Lipinski definition) is 1. The van der Waals surface area contributed by atoms with E-state index in [0.29, 0.717) is 12.3 Å². The van der Waals surface area contributed by atoms with Crippen molar-refractivity contribution >= 4 is 0 Å². The highest BCUT2D eigenvalue weighted by Crippen LogP contribution is 2.48. The number of ether oxygens (including phenoxy) is 3. The summed E-state index contributed by atoms with van der Waals surface area (Å²) in [5.41, 5.74) is 8.31. The Morgan fingerprint density at radius 1 is 1.50 bits per heavy atom. The SMILES string of the molecule is COc1c2c(cc3c1[C@@H](CN)N(C)CC3)OCO2. The molecule has 0 radical (unpaired) electrons. The second-order valence-corrected chi connectivity index (χ2v) is 4.70. The van der Waals surface area contributed by atoms with Gasteiger partial charge < -0.3 is 19.9 Å². The second kappa shape index (κ2) is 4.33. The first-order valence-corrected chi connectivity index (χ1v) is 6.16. The van der Waals surface area contributed by atoms with Crippen LogP contribution in [-0.4, -0.2) is 38.9 Å². The number of nitrogens with zero attached hydrogens (tertiary/aromatic N) is 1. The van der Waals surface area contributed by atoms with Gasteiger partial charge in [0.05, 0.1) is 13.2 Å². The van der Waals surface area contributed by atoms with Gasteiger partial charge in [0.1, 0.15) is 0 Å². The van der Waals surface area contributed by atoms with E-state index < -0.39 is 0 Å². The fraction of sp³-hybridized carbons (Fsp3) is 0.538. The molecule has 0 bridgehead atoms. The molecular weight excluding hydrogens is 232 g/mol. The molecule has 0 amide bonds. The van der Waals surface area contributed by atoms with Crippen molar-refractivity contribution in [2.24, 2.45) is 5.73 Å². The summed E-state index contributed by atoms with van der Waals surface area (Å²) in [6.45, 7) is 1.83. The van der Waals surface area contributed by atoms with E-state index in [2.05, 4.69) is 18.0 Å². The van der Waals surface area contributed by atoms with Crippen LogP contribution in [0.2, 0.25) is 0 Å². The van der Waals surface area contributed by atoms with Crippen LogP contribution in [0.3, 0.4) is 0 Å². The summed E-state index contributed by atoms with van der Waals surface area (Å²) in [6, 6.07) is 2.24. The minimum atomic E-state index is 0.179. The number of nitrogens with two attached hydrogens (primary N) is 1. The minimum absolute atomic E-state index is 0.179. The van der Waals surface area contributed by atoms with Crippen LogP contribution in [0.4, 0.5) is 0 Å². The molecule has 2 N–H and O–H groups in total. The average Bonchev–Trinajstić information content (AvgIpc) is 2.84. The molecule has 0 aromatic heterocycles. The molecule has 1 atom stereocenters. The van der Waals surface area contributed by atoms with Gasteiger partial charge in [-0.15, -0.1) is 0 Å². The molecule has 5 nitrogen and oxygen atoms in total. The highest BCUT2D eigenvalue weighted by atomic mass is 16.7. The van der Waals surface area contributed by atoms with E-state index in [1.807, 2.05) is 0 Å². The molecule has 2 aliphatic heterocycles. The molecule has 2 aliphatic rings. The highest BCUT2D eigenvalue weighted by Gasteiger charge is 2.32. The van der Waals surface area contributed by atoms with Crippen LogP contribution in [0.25, 0.3) is 0 Å². The maximum Gasteiger partial charge on any atom is 0.231 e. The Labute approximate surface area is 106 Å². The van der Waals surface area contributed by atoms with Crippen molar-refractivity contribution in [3.63, 3.8) is 0 Å². The lowest BCUT2D eigenvalue weighted by atomic mass is 9.91. The van der Waals surface area contributed by atoms with E-state index in [-0.39, 0.29) is 12.8 Å².